The van der Waals surface area contributed by atoms with Gasteiger partial charge in [0.1, 0.15) is 5.82 Å². The minimum absolute atomic E-state index is 0.0553. The van der Waals surface area contributed by atoms with Crippen LogP contribution in [0.4, 0.5) is 5.13 Å². The molecule has 2 aromatic rings. The Labute approximate surface area is 104 Å². The van der Waals surface area contributed by atoms with Gasteiger partial charge in [0.25, 0.3) is 0 Å². The number of aromatic nitrogens is 3. The molecule has 0 radical (unpaired) electrons. The largest absolute Gasteiger partial charge is 0.391 e. The van der Waals surface area contributed by atoms with Gasteiger partial charge in [-0.1, -0.05) is 11.3 Å². The summed E-state index contributed by atoms with van der Waals surface area (Å²) in [6.07, 6.45) is 3.71. The molecule has 6 heteroatoms. The molecule has 0 atom stereocenters. The quantitative estimate of drug-likeness (QED) is 0.891. The topological polar surface area (TPSA) is 54.2 Å². The van der Waals surface area contributed by atoms with Crippen molar-refractivity contribution >= 4 is 16.5 Å². The summed E-state index contributed by atoms with van der Waals surface area (Å²) in [4.78, 5) is 11.7. The molecule has 0 saturated heterocycles. The van der Waals surface area contributed by atoms with Gasteiger partial charge >= 0.3 is 0 Å². The molecule has 0 fully saturated rings. The standard InChI is InChI=1S/C11H16N4OS/c1-8-9(7-16)17-11(13-8)15(3)6-10-12-4-5-14(10)2/h4-5,16H,6-7H2,1-3H3. The minimum atomic E-state index is 0.0553. The van der Waals surface area contributed by atoms with E-state index in [-0.39, 0.29) is 6.61 Å². The predicted molar refractivity (Wildman–Crippen MR) is 68.1 cm³/mol. The normalized spacial score (nSPS) is 10.8. The van der Waals surface area contributed by atoms with Gasteiger partial charge in [0.05, 0.1) is 23.7 Å². The van der Waals surface area contributed by atoms with Crippen molar-refractivity contribution in [2.45, 2.75) is 20.1 Å². The number of thiazole rings is 1. The first-order valence-electron chi connectivity index (χ1n) is 5.36. The minimum Gasteiger partial charge on any atom is -0.391 e. The van der Waals surface area contributed by atoms with E-state index >= 15 is 0 Å². The Bertz CT molecular complexity index is 505. The van der Waals surface area contributed by atoms with Crippen molar-refractivity contribution in [1.82, 2.24) is 14.5 Å². The van der Waals surface area contributed by atoms with Gasteiger partial charge in [-0.05, 0) is 6.92 Å². The molecule has 0 unspecified atom stereocenters. The average Bonchev–Trinajstić information content (AvgIpc) is 2.86. The van der Waals surface area contributed by atoms with Crippen LogP contribution in [-0.4, -0.2) is 26.7 Å². The van der Waals surface area contributed by atoms with Crippen LogP contribution in [0, 0.1) is 6.92 Å². The van der Waals surface area contributed by atoms with E-state index in [4.69, 9.17) is 5.11 Å². The second-order valence-corrected chi connectivity index (χ2v) is 5.04. The zero-order chi connectivity index (χ0) is 12.4. The number of aliphatic hydroxyl groups excluding tert-OH is 1. The van der Waals surface area contributed by atoms with Crippen LogP contribution in [0.3, 0.4) is 0 Å². The van der Waals surface area contributed by atoms with Crippen LogP contribution in [0.1, 0.15) is 16.4 Å². The molecule has 2 rings (SSSR count). The number of nitrogens with zero attached hydrogens (tertiary/aromatic N) is 4. The third-order valence-corrected chi connectivity index (χ3v) is 3.91. The van der Waals surface area contributed by atoms with Crippen LogP contribution in [0.5, 0.6) is 0 Å². The number of anilines is 1. The SMILES string of the molecule is Cc1nc(N(C)Cc2nccn2C)sc1CO. The summed E-state index contributed by atoms with van der Waals surface area (Å²) in [7, 11) is 3.95. The molecule has 0 aliphatic heterocycles. The lowest BCUT2D eigenvalue weighted by atomic mass is 10.4. The highest BCUT2D eigenvalue weighted by atomic mass is 32.1. The first-order chi connectivity index (χ1) is 8.11. The van der Waals surface area contributed by atoms with Gasteiger partial charge in [-0.15, -0.1) is 0 Å². The highest BCUT2D eigenvalue weighted by Gasteiger charge is 2.12. The number of hydrogen-bond acceptors (Lipinski definition) is 5. The van der Waals surface area contributed by atoms with E-state index < -0.39 is 0 Å². The van der Waals surface area contributed by atoms with Gasteiger partial charge in [-0.25, -0.2) is 9.97 Å². The van der Waals surface area contributed by atoms with Crippen molar-refractivity contribution in [2.24, 2.45) is 7.05 Å². The van der Waals surface area contributed by atoms with E-state index in [9.17, 15) is 0 Å². The third-order valence-electron chi connectivity index (χ3n) is 2.65. The van der Waals surface area contributed by atoms with Gasteiger partial charge in [0, 0.05) is 26.5 Å². The van der Waals surface area contributed by atoms with Crippen LogP contribution in [0.15, 0.2) is 12.4 Å². The zero-order valence-corrected chi connectivity index (χ0v) is 11.0. The van der Waals surface area contributed by atoms with E-state index in [0.29, 0.717) is 6.54 Å². The average molecular weight is 252 g/mol. The fraction of sp³-hybridized carbons (Fsp3) is 0.455. The van der Waals surface area contributed by atoms with Crippen LogP contribution in [-0.2, 0) is 20.2 Å². The third kappa shape index (κ3) is 2.48. The lowest BCUT2D eigenvalue weighted by Crippen LogP contribution is -2.18. The van der Waals surface area contributed by atoms with E-state index in [1.54, 1.807) is 6.20 Å². The van der Waals surface area contributed by atoms with Crippen LogP contribution in [0.25, 0.3) is 0 Å². The Balaban J connectivity index is 2.14. The van der Waals surface area contributed by atoms with Crippen molar-refractivity contribution < 1.29 is 5.11 Å². The fourth-order valence-electron chi connectivity index (χ4n) is 1.55. The Kier molecular flexibility index (Phi) is 3.44. The number of rotatable bonds is 4. The van der Waals surface area contributed by atoms with E-state index in [1.165, 1.54) is 11.3 Å². The number of aliphatic hydroxyl groups is 1. The van der Waals surface area contributed by atoms with E-state index in [2.05, 4.69) is 9.97 Å². The molecule has 0 amide bonds. The van der Waals surface area contributed by atoms with E-state index in [0.717, 1.165) is 21.5 Å². The van der Waals surface area contributed by atoms with Gasteiger partial charge in [0.2, 0.25) is 0 Å². The summed E-state index contributed by atoms with van der Waals surface area (Å²) in [6.45, 7) is 2.68. The summed E-state index contributed by atoms with van der Waals surface area (Å²) >= 11 is 1.52. The van der Waals surface area contributed by atoms with Crippen molar-refractivity contribution in [3.63, 3.8) is 0 Å². The molecular formula is C11H16N4OS. The molecule has 0 aliphatic carbocycles. The molecule has 17 heavy (non-hydrogen) atoms. The molecule has 0 aromatic carbocycles. The molecular weight excluding hydrogens is 236 g/mol. The molecule has 2 heterocycles. The molecule has 5 nitrogen and oxygen atoms in total. The summed E-state index contributed by atoms with van der Waals surface area (Å²) in [5.41, 5.74) is 0.902. The number of aryl methyl sites for hydroxylation is 2. The lowest BCUT2D eigenvalue weighted by Gasteiger charge is -2.14. The van der Waals surface area contributed by atoms with Crippen LogP contribution in [0.2, 0.25) is 0 Å². The molecule has 1 N–H and O–H groups in total. The van der Waals surface area contributed by atoms with E-state index in [1.807, 2.05) is 36.7 Å². The fourth-order valence-corrected chi connectivity index (χ4v) is 2.43. The molecule has 0 spiro atoms. The molecule has 2 aromatic heterocycles. The monoisotopic (exact) mass is 252 g/mol. The molecule has 92 valence electrons. The number of imidazole rings is 1. The lowest BCUT2D eigenvalue weighted by molar-refractivity contribution is 0.284. The van der Waals surface area contributed by atoms with Crippen LogP contribution < -0.4 is 4.90 Å². The van der Waals surface area contributed by atoms with Gasteiger partial charge in [-0.2, -0.15) is 0 Å². The summed E-state index contributed by atoms with van der Waals surface area (Å²) in [6, 6.07) is 0. The van der Waals surface area contributed by atoms with Gasteiger partial charge in [-0.3, -0.25) is 0 Å². The number of hydrogen-bond donors (Lipinski definition) is 1. The summed E-state index contributed by atoms with van der Waals surface area (Å²) < 4.78 is 1.99. The molecule has 0 bridgehead atoms. The summed E-state index contributed by atoms with van der Waals surface area (Å²) in [5.74, 6) is 0.992. The maximum Gasteiger partial charge on any atom is 0.186 e. The zero-order valence-electron chi connectivity index (χ0n) is 10.2. The Morgan fingerprint density at radius 2 is 2.29 bits per heavy atom. The van der Waals surface area contributed by atoms with Gasteiger partial charge in [0.15, 0.2) is 5.13 Å². The van der Waals surface area contributed by atoms with Gasteiger partial charge < -0.3 is 14.6 Å². The molecule has 0 aliphatic rings. The highest BCUT2D eigenvalue weighted by molar-refractivity contribution is 7.15. The second-order valence-electron chi connectivity index (χ2n) is 3.97. The summed E-state index contributed by atoms with van der Waals surface area (Å²) in [5, 5.41) is 10.1. The first-order valence-corrected chi connectivity index (χ1v) is 6.18. The second kappa shape index (κ2) is 4.85. The van der Waals surface area contributed by atoms with Crippen molar-refractivity contribution in [1.29, 1.82) is 0 Å². The van der Waals surface area contributed by atoms with Crippen molar-refractivity contribution in [3.8, 4) is 0 Å². The Morgan fingerprint density at radius 3 is 2.82 bits per heavy atom. The van der Waals surface area contributed by atoms with Crippen LogP contribution >= 0.6 is 11.3 Å². The van der Waals surface area contributed by atoms with Crippen molar-refractivity contribution in [3.05, 3.63) is 28.8 Å². The van der Waals surface area contributed by atoms with Crippen molar-refractivity contribution in [2.75, 3.05) is 11.9 Å². The Hall–Kier alpha value is -1.40. The first kappa shape index (κ1) is 12.1. The maximum atomic E-state index is 9.15. The molecule has 0 saturated carbocycles. The Morgan fingerprint density at radius 1 is 1.53 bits per heavy atom. The predicted octanol–water partition coefficient (Wildman–Crippen LogP) is 1.31. The highest BCUT2D eigenvalue weighted by Crippen LogP contribution is 2.25. The maximum absolute atomic E-state index is 9.15. The smallest absolute Gasteiger partial charge is 0.186 e.